The average molecular weight is 238 g/mol. The van der Waals surface area contributed by atoms with E-state index in [-0.39, 0.29) is 6.04 Å². The molecule has 1 unspecified atom stereocenters. The number of aromatic carboxylic acids is 1. The highest BCUT2D eigenvalue weighted by atomic mass is 16.4. The maximum absolute atomic E-state index is 11.1. The van der Waals surface area contributed by atoms with Gasteiger partial charge in [-0.05, 0) is 38.6 Å². The van der Waals surface area contributed by atoms with Gasteiger partial charge in [0, 0.05) is 18.8 Å². The molecule has 0 aliphatic heterocycles. The molecule has 0 aromatic carbocycles. The minimum atomic E-state index is -0.859. The van der Waals surface area contributed by atoms with E-state index in [9.17, 15) is 4.79 Å². The van der Waals surface area contributed by atoms with E-state index in [1.165, 1.54) is 0 Å². The van der Waals surface area contributed by atoms with Crippen molar-refractivity contribution in [3.63, 3.8) is 0 Å². The molecule has 0 aliphatic rings. The molecular formula is C13H22N2O2. The summed E-state index contributed by atoms with van der Waals surface area (Å²) >= 11 is 0. The lowest BCUT2D eigenvalue weighted by atomic mass is 10.0. The predicted octanol–water partition coefficient (Wildman–Crippen LogP) is 2.34. The molecule has 0 saturated carbocycles. The monoisotopic (exact) mass is 238 g/mol. The first-order valence-corrected chi connectivity index (χ1v) is 5.96. The summed E-state index contributed by atoms with van der Waals surface area (Å²) in [5.74, 6) is -0.313. The minimum absolute atomic E-state index is 0.214. The number of rotatable bonds is 6. The predicted molar refractivity (Wildman–Crippen MR) is 68.4 cm³/mol. The van der Waals surface area contributed by atoms with Gasteiger partial charge in [0.1, 0.15) is 5.69 Å². The molecule has 96 valence electrons. The lowest BCUT2D eigenvalue weighted by Crippen LogP contribution is -2.27. The number of nitrogens with zero attached hydrogens (tertiary/aromatic N) is 2. The molecule has 1 N–H and O–H groups in total. The number of carbonyl (C=O) groups is 1. The summed E-state index contributed by atoms with van der Waals surface area (Å²) in [7, 11) is 4.02. The van der Waals surface area contributed by atoms with E-state index in [2.05, 4.69) is 18.7 Å². The fourth-order valence-corrected chi connectivity index (χ4v) is 2.14. The van der Waals surface area contributed by atoms with E-state index in [1.807, 2.05) is 24.9 Å². The van der Waals surface area contributed by atoms with E-state index in [0.717, 1.165) is 13.0 Å². The highest BCUT2D eigenvalue weighted by Crippen LogP contribution is 2.21. The molecule has 4 heteroatoms. The largest absolute Gasteiger partial charge is 0.477 e. The Bertz CT molecular complexity index is 359. The number of carboxylic acid groups (broad SMARTS) is 1. The second kappa shape index (κ2) is 5.87. The highest BCUT2D eigenvalue weighted by molar-refractivity contribution is 5.85. The third-order valence-corrected chi connectivity index (χ3v) is 2.71. The van der Waals surface area contributed by atoms with Gasteiger partial charge in [-0.15, -0.1) is 0 Å². The van der Waals surface area contributed by atoms with Crippen molar-refractivity contribution in [2.24, 2.45) is 5.92 Å². The summed E-state index contributed by atoms with van der Waals surface area (Å²) in [6.45, 7) is 5.17. The number of hydrogen-bond donors (Lipinski definition) is 1. The number of carboxylic acids is 1. The quantitative estimate of drug-likeness (QED) is 0.827. The smallest absolute Gasteiger partial charge is 0.352 e. The van der Waals surface area contributed by atoms with Crippen molar-refractivity contribution in [3.8, 4) is 0 Å². The van der Waals surface area contributed by atoms with Crippen LogP contribution in [0.15, 0.2) is 18.3 Å². The molecule has 1 aromatic heterocycles. The average Bonchev–Trinajstić information content (AvgIpc) is 2.62. The molecule has 1 rings (SSSR count). The highest BCUT2D eigenvalue weighted by Gasteiger charge is 2.19. The normalized spacial score (nSPS) is 13.3. The van der Waals surface area contributed by atoms with Gasteiger partial charge >= 0.3 is 5.97 Å². The van der Waals surface area contributed by atoms with Crippen LogP contribution < -0.4 is 0 Å². The lowest BCUT2D eigenvalue weighted by Gasteiger charge is -2.25. The first-order valence-electron chi connectivity index (χ1n) is 5.96. The van der Waals surface area contributed by atoms with Gasteiger partial charge in [-0.2, -0.15) is 0 Å². The van der Waals surface area contributed by atoms with E-state index in [1.54, 1.807) is 12.1 Å². The molecule has 0 fully saturated rings. The zero-order valence-corrected chi connectivity index (χ0v) is 11.1. The van der Waals surface area contributed by atoms with Crippen LogP contribution in [0.2, 0.25) is 0 Å². The fraction of sp³-hybridized carbons (Fsp3) is 0.615. The van der Waals surface area contributed by atoms with Crippen LogP contribution in [-0.2, 0) is 0 Å². The van der Waals surface area contributed by atoms with Gasteiger partial charge in [-0.3, -0.25) is 0 Å². The Morgan fingerprint density at radius 2 is 2.12 bits per heavy atom. The summed E-state index contributed by atoms with van der Waals surface area (Å²) in [4.78, 5) is 13.2. The Labute approximate surface area is 103 Å². The van der Waals surface area contributed by atoms with E-state index < -0.39 is 5.97 Å². The van der Waals surface area contributed by atoms with Crippen molar-refractivity contribution in [2.75, 3.05) is 20.6 Å². The zero-order chi connectivity index (χ0) is 13.0. The minimum Gasteiger partial charge on any atom is -0.477 e. The van der Waals surface area contributed by atoms with Crippen molar-refractivity contribution < 1.29 is 9.90 Å². The van der Waals surface area contributed by atoms with Crippen molar-refractivity contribution >= 4 is 5.97 Å². The second-order valence-corrected chi connectivity index (χ2v) is 5.15. The Hall–Kier alpha value is -1.29. The summed E-state index contributed by atoms with van der Waals surface area (Å²) in [5.41, 5.74) is 0.373. The molecule has 0 amide bonds. The van der Waals surface area contributed by atoms with Crippen LogP contribution in [0.3, 0.4) is 0 Å². The molecule has 0 spiro atoms. The number of likely N-dealkylation sites (N-methyl/N-ethyl adjacent to an activating group) is 1. The first-order chi connectivity index (χ1) is 7.91. The Kier molecular flexibility index (Phi) is 4.75. The SMILES string of the molecule is CC(C)CC(CN(C)C)n1cccc1C(=O)O. The van der Waals surface area contributed by atoms with E-state index in [4.69, 9.17) is 5.11 Å². The van der Waals surface area contributed by atoms with Gasteiger partial charge in [0.25, 0.3) is 0 Å². The van der Waals surface area contributed by atoms with Crippen LogP contribution in [0.5, 0.6) is 0 Å². The topological polar surface area (TPSA) is 45.5 Å². The fourth-order valence-electron chi connectivity index (χ4n) is 2.14. The summed E-state index contributed by atoms with van der Waals surface area (Å²) in [5, 5.41) is 9.14. The lowest BCUT2D eigenvalue weighted by molar-refractivity contribution is 0.0680. The van der Waals surface area contributed by atoms with Crippen LogP contribution in [0.25, 0.3) is 0 Å². The molecule has 1 atom stereocenters. The molecular weight excluding hydrogens is 216 g/mol. The van der Waals surface area contributed by atoms with Gasteiger partial charge in [0.05, 0.1) is 0 Å². The van der Waals surface area contributed by atoms with Gasteiger partial charge in [-0.1, -0.05) is 13.8 Å². The first kappa shape index (κ1) is 13.8. The third kappa shape index (κ3) is 3.89. The van der Waals surface area contributed by atoms with Gasteiger partial charge in [-0.25, -0.2) is 4.79 Å². The molecule has 4 nitrogen and oxygen atoms in total. The Balaban J connectivity index is 2.95. The molecule has 0 bridgehead atoms. The maximum Gasteiger partial charge on any atom is 0.352 e. The van der Waals surface area contributed by atoms with Crippen molar-refractivity contribution in [1.29, 1.82) is 0 Å². The van der Waals surface area contributed by atoms with E-state index in [0.29, 0.717) is 11.6 Å². The molecule has 0 saturated heterocycles. The molecule has 1 heterocycles. The van der Waals surface area contributed by atoms with Crippen LogP contribution in [0.1, 0.15) is 36.8 Å². The van der Waals surface area contributed by atoms with Crippen LogP contribution in [0, 0.1) is 5.92 Å². The van der Waals surface area contributed by atoms with Crippen LogP contribution in [-0.4, -0.2) is 41.2 Å². The zero-order valence-electron chi connectivity index (χ0n) is 11.1. The summed E-state index contributed by atoms with van der Waals surface area (Å²) in [6.07, 6.45) is 2.84. The Morgan fingerprint density at radius 3 is 2.59 bits per heavy atom. The van der Waals surface area contributed by atoms with Gasteiger partial charge in [0.15, 0.2) is 0 Å². The van der Waals surface area contributed by atoms with Crippen molar-refractivity contribution in [2.45, 2.75) is 26.3 Å². The summed E-state index contributed by atoms with van der Waals surface area (Å²) in [6, 6.07) is 3.67. The molecule has 17 heavy (non-hydrogen) atoms. The maximum atomic E-state index is 11.1. The van der Waals surface area contributed by atoms with Crippen LogP contribution in [0.4, 0.5) is 0 Å². The van der Waals surface area contributed by atoms with Gasteiger partial charge in [0.2, 0.25) is 0 Å². The Morgan fingerprint density at radius 1 is 1.47 bits per heavy atom. The summed E-state index contributed by atoms with van der Waals surface area (Å²) < 4.78 is 1.88. The van der Waals surface area contributed by atoms with Gasteiger partial charge < -0.3 is 14.6 Å². The molecule has 1 aromatic rings. The number of hydrogen-bond acceptors (Lipinski definition) is 2. The van der Waals surface area contributed by atoms with E-state index >= 15 is 0 Å². The number of aromatic nitrogens is 1. The van der Waals surface area contributed by atoms with Crippen molar-refractivity contribution in [3.05, 3.63) is 24.0 Å². The molecule has 0 radical (unpaired) electrons. The third-order valence-electron chi connectivity index (χ3n) is 2.71. The van der Waals surface area contributed by atoms with Crippen molar-refractivity contribution in [1.82, 2.24) is 9.47 Å². The standard InChI is InChI=1S/C13H22N2O2/c1-10(2)8-11(9-14(3)4)15-7-5-6-12(15)13(16)17/h5-7,10-11H,8-9H2,1-4H3,(H,16,17). The van der Waals surface area contributed by atoms with Crippen LogP contribution >= 0.6 is 0 Å². The molecule has 0 aliphatic carbocycles. The second-order valence-electron chi connectivity index (χ2n) is 5.15.